The topological polar surface area (TPSA) is 52.9 Å². The Morgan fingerprint density at radius 2 is 1.74 bits per heavy atom. The zero-order chi connectivity index (χ0) is 22.4. The third kappa shape index (κ3) is 5.93. The van der Waals surface area contributed by atoms with Crippen molar-refractivity contribution in [2.24, 2.45) is 0 Å². The number of nitrogens with one attached hydrogen (secondary N) is 1. The first-order chi connectivity index (χ1) is 14.9. The summed E-state index contributed by atoms with van der Waals surface area (Å²) in [5, 5.41) is 12.4. The Labute approximate surface area is 192 Å². The van der Waals surface area contributed by atoms with E-state index in [1.165, 1.54) is 16.7 Å². The fourth-order valence-electron chi connectivity index (χ4n) is 3.64. The number of nitriles is 1. The van der Waals surface area contributed by atoms with Gasteiger partial charge in [0.15, 0.2) is 0 Å². The standard InChI is InChI=1S/C27H25BrN2O/c1-4-22-7-5-6-8-26(22)30-27(31)24(17-29)14-20-9-10-23(25(28)16-20)15-21-12-18(2)11-19(3)13-21/h5-14,16H,4,15H2,1-3H3,(H,30,31)/b24-14+. The fourth-order valence-corrected chi connectivity index (χ4v) is 4.18. The molecular formula is C27H25BrN2O. The zero-order valence-electron chi connectivity index (χ0n) is 18.0. The van der Waals surface area contributed by atoms with Gasteiger partial charge in [0.05, 0.1) is 0 Å². The minimum atomic E-state index is -0.404. The highest BCUT2D eigenvalue weighted by molar-refractivity contribution is 9.10. The van der Waals surface area contributed by atoms with Crippen LogP contribution in [0.1, 0.15) is 40.3 Å². The Bertz CT molecular complexity index is 1170. The number of aryl methyl sites for hydroxylation is 3. The lowest BCUT2D eigenvalue weighted by molar-refractivity contribution is -0.112. The van der Waals surface area contributed by atoms with Crippen LogP contribution >= 0.6 is 15.9 Å². The van der Waals surface area contributed by atoms with E-state index in [1.54, 1.807) is 6.08 Å². The first-order valence-electron chi connectivity index (χ1n) is 10.3. The molecule has 0 fully saturated rings. The smallest absolute Gasteiger partial charge is 0.266 e. The van der Waals surface area contributed by atoms with Crippen LogP contribution in [0, 0.1) is 25.2 Å². The van der Waals surface area contributed by atoms with E-state index in [4.69, 9.17) is 0 Å². The molecular weight excluding hydrogens is 448 g/mol. The SMILES string of the molecule is CCc1ccccc1NC(=O)/C(C#N)=C/c1ccc(Cc2cc(C)cc(C)c2)c(Br)c1. The third-order valence-corrected chi connectivity index (χ3v) is 5.81. The van der Waals surface area contributed by atoms with E-state index in [2.05, 4.69) is 53.3 Å². The van der Waals surface area contributed by atoms with Gasteiger partial charge in [-0.2, -0.15) is 5.26 Å². The van der Waals surface area contributed by atoms with E-state index >= 15 is 0 Å². The first kappa shape index (κ1) is 22.5. The molecule has 1 amide bonds. The van der Waals surface area contributed by atoms with Crippen molar-refractivity contribution in [3.05, 3.63) is 104 Å². The van der Waals surface area contributed by atoms with Gasteiger partial charge < -0.3 is 5.32 Å². The second kappa shape index (κ2) is 10.2. The Morgan fingerprint density at radius 1 is 1.03 bits per heavy atom. The molecule has 0 aliphatic heterocycles. The second-order valence-corrected chi connectivity index (χ2v) is 8.51. The predicted molar refractivity (Wildman–Crippen MR) is 131 cm³/mol. The van der Waals surface area contributed by atoms with Gasteiger partial charge in [-0.1, -0.05) is 82.5 Å². The number of rotatable bonds is 6. The monoisotopic (exact) mass is 472 g/mol. The largest absolute Gasteiger partial charge is 0.321 e. The minimum Gasteiger partial charge on any atom is -0.321 e. The summed E-state index contributed by atoms with van der Waals surface area (Å²) in [4.78, 5) is 12.7. The van der Waals surface area contributed by atoms with Crippen molar-refractivity contribution >= 4 is 33.6 Å². The molecule has 3 aromatic rings. The van der Waals surface area contributed by atoms with Crippen LogP contribution in [0.4, 0.5) is 5.69 Å². The number of hydrogen-bond donors (Lipinski definition) is 1. The van der Waals surface area contributed by atoms with Crippen molar-refractivity contribution in [3.63, 3.8) is 0 Å². The number of hydrogen-bond acceptors (Lipinski definition) is 2. The van der Waals surface area contributed by atoms with Crippen LogP contribution in [0.5, 0.6) is 0 Å². The average Bonchev–Trinajstić information content (AvgIpc) is 2.73. The Balaban J connectivity index is 1.80. The van der Waals surface area contributed by atoms with Crippen molar-refractivity contribution in [1.82, 2.24) is 0 Å². The molecule has 4 heteroatoms. The summed E-state index contributed by atoms with van der Waals surface area (Å²) in [6.07, 6.45) is 3.23. The Morgan fingerprint density at radius 3 is 2.39 bits per heavy atom. The number of anilines is 1. The molecule has 0 aliphatic rings. The van der Waals surface area contributed by atoms with Crippen LogP contribution in [0.3, 0.4) is 0 Å². The van der Waals surface area contributed by atoms with Crippen LogP contribution < -0.4 is 5.32 Å². The Kier molecular flexibility index (Phi) is 7.44. The molecule has 0 spiro atoms. The molecule has 0 aliphatic carbocycles. The zero-order valence-corrected chi connectivity index (χ0v) is 19.6. The van der Waals surface area contributed by atoms with Crippen molar-refractivity contribution in [1.29, 1.82) is 5.26 Å². The summed E-state index contributed by atoms with van der Waals surface area (Å²) in [5.41, 5.74) is 7.55. The van der Waals surface area contributed by atoms with Crippen LogP contribution in [0.15, 0.2) is 70.7 Å². The lowest BCUT2D eigenvalue weighted by Gasteiger charge is -2.10. The molecule has 0 saturated heterocycles. The summed E-state index contributed by atoms with van der Waals surface area (Å²) in [6.45, 7) is 6.24. The average molecular weight is 473 g/mol. The van der Waals surface area contributed by atoms with Gasteiger partial charge in [-0.25, -0.2) is 0 Å². The third-order valence-electron chi connectivity index (χ3n) is 5.08. The van der Waals surface area contributed by atoms with E-state index in [-0.39, 0.29) is 5.57 Å². The molecule has 0 heterocycles. The lowest BCUT2D eigenvalue weighted by Crippen LogP contribution is -2.14. The van der Waals surface area contributed by atoms with Crippen molar-refractivity contribution < 1.29 is 4.79 Å². The quantitative estimate of drug-likeness (QED) is 0.318. The van der Waals surface area contributed by atoms with E-state index in [0.29, 0.717) is 0 Å². The van der Waals surface area contributed by atoms with E-state index < -0.39 is 5.91 Å². The van der Waals surface area contributed by atoms with Gasteiger partial charge in [0.2, 0.25) is 0 Å². The Hall–Kier alpha value is -3.16. The molecule has 0 aromatic heterocycles. The van der Waals surface area contributed by atoms with Gasteiger partial charge >= 0.3 is 0 Å². The highest BCUT2D eigenvalue weighted by atomic mass is 79.9. The minimum absolute atomic E-state index is 0.0693. The molecule has 3 aromatic carbocycles. The van der Waals surface area contributed by atoms with Crippen molar-refractivity contribution in [3.8, 4) is 6.07 Å². The predicted octanol–water partition coefficient (Wildman–Crippen LogP) is 6.76. The maximum absolute atomic E-state index is 12.7. The highest BCUT2D eigenvalue weighted by Gasteiger charge is 2.12. The molecule has 3 rings (SSSR count). The first-order valence-corrected chi connectivity index (χ1v) is 11.1. The number of benzene rings is 3. The molecule has 1 N–H and O–H groups in total. The van der Waals surface area contributed by atoms with E-state index in [1.807, 2.05) is 55.5 Å². The highest BCUT2D eigenvalue weighted by Crippen LogP contribution is 2.24. The number of nitrogens with zero attached hydrogens (tertiary/aromatic N) is 1. The number of para-hydroxylation sites is 1. The van der Waals surface area contributed by atoms with Crippen molar-refractivity contribution in [2.45, 2.75) is 33.6 Å². The van der Waals surface area contributed by atoms with Gasteiger partial charge in [-0.3, -0.25) is 4.79 Å². The van der Waals surface area contributed by atoms with Gasteiger partial charge in [-0.05, 0) is 67.2 Å². The van der Waals surface area contributed by atoms with Gasteiger partial charge in [0.25, 0.3) is 5.91 Å². The van der Waals surface area contributed by atoms with Gasteiger partial charge in [0, 0.05) is 10.2 Å². The van der Waals surface area contributed by atoms with Crippen LogP contribution in [0.2, 0.25) is 0 Å². The molecule has 0 radical (unpaired) electrons. The molecule has 0 atom stereocenters. The summed E-state index contributed by atoms with van der Waals surface area (Å²) in [5.74, 6) is -0.404. The number of halogens is 1. The number of carbonyl (C=O) groups excluding carboxylic acids is 1. The normalized spacial score (nSPS) is 11.1. The van der Waals surface area contributed by atoms with E-state index in [9.17, 15) is 10.1 Å². The summed E-state index contributed by atoms with van der Waals surface area (Å²) < 4.78 is 0.953. The maximum Gasteiger partial charge on any atom is 0.266 e. The number of amides is 1. The van der Waals surface area contributed by atoms with Crippen LogP contribution in [-0.4, -0.2) is 5.91 Å². The van der Waals surface area contributed by atoms with E-state index in [0.717, 1.165) is 39.7 Å². The molecule has 3 nitrogen and oxygen atoms in total. The lowest BCUT2D eigenvalue weighted by atomic mass is 9.99. The number of carbonyl (C=O) groups is 1. The summed E-state index contributed by atoms with van der Waals surface area (Å²) in [6, 6.07) is 22.1. The second-order valence-electron chi connectivity index (χ2n) is 7.66. The van der Waals surface area contributed by atoms with Crippen molar-refractivity contribution in [2.75, 3.05) is 5.32 Å². The van der Waals surface area contributed by atoms with Crippen LogP contribution in [0.25, 0.3) is 6.08 Å². The van der Waals surface area contributed by atoms with Gasteiger partial charge in [-0.15, -0.1) is 0 Å². The van der Waals surface area contributed by atoms with Crippen LogP contribution in [-0.2, 0) is 17.6 Å². The molecule has 0 saturated carbocycles. The molecule has 0 bridgehead atoms. The maximum atomic E-state index is 12.7. The summed E-state index contributed by atoms with van der Waals surface area (Å²) >= 11 is 3.65. The van der Waals surface area contributed by atoms with Gasteiger partial charge in [0.1, 0.15) is 11.6 Å². The fraction of sp³-hybridized carbons (Fsp3) is 0.185. The molecule has 31 heavy (non-hydrogen) atoms. The molecule has 156 valence electrons. The molecule has 0 unspecified atom stereocenters. The summed E-state index contributed by atoms with van der Waals surface area (Å²) in [7, 11) is 0.